The maximum atomic E-state index is 5.57. The number of aromatic nitrogens is 2. The molecule has 6 heteroatoms. The molecule has 5 nitrogen and oxygen atoms in total. The zero-order valence-corrected chi connectivity index (χ0v) is 17.2. The predicted octanol–water partition coefficient (Wildman–Crippen LogP) is 4.53. The van der Waals surface area contributed by atoms with Crippen molar-refractivity contribution in [3.8, 4) is 11.5 Å². The van der Waals surface area contributed by atoms with Crippen molar-refractivity contribution in [2.24, 2.45) is 0 Å². The van der Waals surface area contributed by atoms with Crippen molar-refractivity contribution in [3.63, 3.8) is 0 Å². The van der Waals surface area contributed by atoms with Crippen molar-refractivity contribution in [2.45, 2.75) is 39.2 Å². The van der Waals surface area contributed by atoms with Gasteiger partial charge < -0.3 is 14.4 Å². The molecule has 0 aliphatic heterocycles. The molecule has 1 aliphatic carbocycles. The summed E-state index contributed by atoms with van der Waals surface area (Å²) >= 11 is 1.85. The van der Waals surface area contributed by atoms with Gasteiger partial charge in [-0.2, -0.15) is 0 Å². The van der Waals surface area contributed by atoms with Crippen LogP contribution in [0.3, 0.4) is 0 Å². The monoisotopic (exact) mass is 383 g/mol. The zero-order valence-electron chi connectivity index (χ0n) is 16.3. The van der Waals surface area contributed by atoms with E-state index in [0.29, 0.717) is 6.54 Å². The third kappa shape index (κ3) is 3.34. The number of nitrogens with zero attached hydrogens (tertiary/aromatic N) is 3. The molecule has 1 aromatic carbocycles. The first kappa shape index (κ1) is 18.0. The van der Waals surface area contributed by atoms with Gasteiger partial charge >= 0.3 is 0 Å². The fraction of sp³-hybridized carbons (Fsp3) is 0.429. The molecule has 0 radical (unpaired) electrons. The number of thiophene rings is 1. The standard InChI is InChI=1S/C21H25N3O2S/c1-13-22-20(19-16-7-5-6-8-18(16)27-21(19)23-13)24(2)12-14-9-10-15(25-3)11-17(14)26-4/h9-11H,5-8,12H2,1-4H3. The van der Waals surface area contributed by atoms with Gasteiger partial charge in [0, 0.05) is 30.1 Å². The molecule has 0 unspecified atom stereocenters. The van der Waals surface area contributed by atoms with Crippen LogP contribution < -0.4 is 14.4 Å². The number of ether oxygens (including phenoxy) is 2. The van der Waals surface area contributed by atoms with E-state index >= 15 is 0 Å². The summed E-state index contributed by atoms with van der Waals surface area (Å²) in [5, 5.41) is 1.25. The minimum absolute atomic E-state index is 0.712. The van der Waals surface area contributed by atoms with Crippen LogP contribution >= 0.6 is 11.3 Å². The second-order valence-corrected chi connectivity index (χ2v) is 8.10. The van der Waals surface area contributed by atoms with Crippen LogP contribution in [0.1, 0.15) is 34.7 Å². The minimum atomic E-state index is 0.712. The fourth-order valence-corrected chi connectivity index (χ4v) is 5.13. The van der Waals surface area contributed by atoms with E-state index in [0.717, 1.165) is 40.0 Å². The molecule has 2 aromatic heterocycles. The van der Waals surface area contributed by atoms with Gasteiger partial charge in [-0.3, -0.25) is 0 Å². The third-order valence-electron chi connectivity index (χ3n) is 5.17. The highest BCUT2D eigenvalue weighted by Gasteiger charge is 2.22. The molecule has 0 atom stereocenters. The van der Waals surface area contributed by atoms with Gasteiger partial charge in [0.05, 0.1) is 19.6 Å². The Morgan fingerprint density at radius 2 is 1.93 bits per heavy atom. The summed E-state index contributed by atoms with van der Waals surface area (Å²) < 4.78 is 10.9. The Hall–Kier alpha value is -2.34. The molecule has 142 valence electrons. The number of anilines is 1. The summed E-state index contributed by atoms with van der Waals surface area (Å²) in [7, 11) is 5.46. The highest BCUT2D eigenvalue weighted by molar-refractivity contribution is 7.19. The number of rotatable bonds is 5. The number of fused-ring (bicyclic) bond motifs is 3. The summed E-state index contributed by atoms with van der Waals surface area (Å²) in [6.45, 7) is 2.69. The fourth-order valence-electron chi connectivity index (χ4n) is 3.83. The Kier molecular flexibility index (Phi) is 4.91. The largest absolute Gasteiger partial charge is 0.497 e. The van der Waals surface area contributed by atoms with Gasteiger partial charge in [-0.1, -0.05) is 0 Å². The molecule has 0 fully saturated rings. The van der Waals surface area contributed by atoms with Crippen molar-refractivity contribution in [3.05, 3.63) is 40.0 Å². The Bertz CT molecular complexity index is 983. The summed E-state index contributed by atoms with van der Waals surface area (Å²) in [5.41, 5.74) is 2.57. The van der Waals surface area contributed by atoms with Crippen LogP contribution in [0.5, 0.6) is 11.5 Å². The van der Waals surface area contributed by atoms with Gasteiger partial charge in [0.15, 0.2) is 0 Å². The van der Waals surface area contributed by atoms with E-state index in [2.05, 4.69) is 18.0 Å². The first-order chi connectivity index (χ1) is 13.1. The van der Waals surface area contributed by atoms with Crippen LogP contribution in [0.25, 0.3) is 10.2 Å². The predicted molar refractivity (Wildman–Crippen MR) is 110 cm³/mol. The topological polar surface area (TPSA) is 47.5 Å². The molecule has 0 amide bonds. The maximum Gasteiger partial charge on any atom is 0.141 e. The lowest BCUT2D eigenvalue weighted by molar-refractivity contribution is 0.391. The molecule has 3 aromatic rings. The molecular formula is C21H25N3O2S. The van der Waals surface area contributed by atoms with Crippen molar-refractivity contribution in [2.75, 3.05) is 26.2 Å². The molecule has 4 rings (SSSR count). The van der Waals surface area contributed by atoms with Crippen molar-refractivity contribution < 1.29 is 9.47 Å². The first-order valence-corrected chi connectivity index (χ1v) is 10.1. The molecule has 0 saturated carbocycles. The number of methoxy groups -OCH3 is 2. The molecule has 2 heterocycles. The van der Waals surface area contributed by atoms with Gasteiger partial charge in [0.1, 0.15) is 28.0 Å². The van der Waals surface area contributed by atoms with E-state index in [-0.39, 0.29) is 0 Å². The van der Waals surface area contributed by atoms with Crippen LogP contribution in [-0.2, 0) is 19.4 Å². The molecule has 0 bridgehead atoms. The quantitative estimate of drug-likeness (QED) is 0.648. The van der Waals surface area contributed by atoms with Crippen molar-refractivity contribution in [1.82, 2.24) is 9.97 Å². The smallest absolute Gasteiger partial charge is 0.141 e. The molecule has 1 aliphatic rings. The number of aryl methyl sites for hydroxylation is 3. The average Bonchev–Trinajstić information content (AvgIpc) is 3.05. The molecular weight excluding hydrogens is 358 g/mol. The minimum Gasteiger partial charge on any atom is -0.497 e. The van der Waals surface area contributed by atoms with E-state index in [1.165, 1.54) is 35.1 Å². The maximum absolute atomic E-state index is 5.57. The number of benzene rings is 1. The average molecular weight is 384 g/mol. The molecule has 27 heavy (non-hydrogen) atoms. The van der Waals surface area contributed by atoms with Crippen LogP contribution in [0.15, 0.2) is 18.2 Å². The van der Waals surface area contributed by atoms with Gasteiger partial charge in [-0.05, 0) is 50.3 Å². The Morgan fingerprint density at radius 1 is 1.11 bits per heavy atom. The third-order valence-corrected chi connectivity index (χ3v) is 6.36. The summed E-state index contributed by atoms with van der Waals surface area (Å²) in [5.74, 6) is 3.47. The molecule has 0 saturated heterocycles. The highest BCUT2D eigenvalue weighted by Crippen LogP contribution is 2.40. The normalized spacial score (nSPS) is 13.5. The van der Waals surface area contributed by atoms with Crippen LogP contribution in [0.2, 0.25) is 0 Å². The van der Waals surface area contributed by atoms with E-state index < -0.39 is 0 Å². The lowest BCUT2D eigenvalue weighted by atomic mass is 9.97. The van der Waals surface area contributed by atoms with Gasteiger partial charge in [-0.25, -0.2) is 9.97 Å². The number of hydrogen-bond donors (Lipinski definition) is 0. The molecule has 0 spiro atoms. The SMILES string of the molecule is COc1ccc(CN(C)c2nc(C)nc3sc4c(c23)CCCC4)c(OC)c1. The zero-order chi connectivity index (χ0) is 19.0. The summed E-state index contributed by atoms with van der Waals surface area (Å²) in [6, 6.07) is 5.96. The summed E-state index contributed by atoms with van der Waals surface area (Å²) in [6.07, 6.45) is 4.84. The van der Waals surface area contributed by atoms with Crippen molar-refractivity contribution in [1.29, 1.82) is 0 Å². The van der Waals surface area contributed by atoms with Crippen LogP contribution in [0.4, 0.5) is 5.82 Å². The van der Waals surface area contributed by atoms with E-state index in [1.54, 1.807) is 14.2 Å². The Labute approximate surface area is 164 Å². The van der Waals surface area contributed by atoms with Crippen molar-refractivity contribution >= 4 is 27.4 Å². The molecule has 0 N–H and O–H groups in total. The lowest BCUT2D eigenvalue weighted by Gasteiger charge is -2.22. The van der Waals surface area contributed by atoms with E-state index in [4.69, 9.17) is 19.4 Å². The van der Waals surface area contributed by atoms with E-state index in [9.17, 15) is 0 Å². The van der Waals surface area contributed by atoms with Gasteiger partial charge in [0.2, 0.25) is 0 Å². The summed E-state index contributed by atoms with van der Waals surface area (Å²) in [4.78, 5) is 14.4. The Balaban J connectivity index is 1.75. The van der Waals surface area contributed by atoms with Gasteiger partial charge in [-0.15, -0.1) is 11.3 Å². The Morgan fingerprint density at radius 3 is 2.70 bits per heavy atom. The second-order valence-electron chi connectivity index (χ2n) is 7.02. The van der Waals surface area contributed by atoms with Gasteiger partial charge in [0.25, 0.3) is 0 Å². The lowest BCUT2D eigenvalue weighted by Crippen LogP contribution is -2.19. The first-order valence-electron chi connectivity index (χ1n) is 9.31. The number of hydrogen-bond acceptors (Lipinski definition) is 6. The van der Waals surface area contributed by atoms with Crippen LogP contribution in [0, 0.1) is 6.92 Å². The highest BCUT2D eigenvalue weighted by atomic mass is 32.1. The second kappa shape index (κ2) is 7.35. The van der Waals surface area contributed by atoms with E-state index in [1.807, 2.05) is 30.4 Å². The van der Waals surface area contributed by atoms with Crippen LogP contribution in [-0.4, -0.2) is 31.2 Å².